The summed E-state index contributed by atoms with van der Waals surface area (Å²) in [5.41, 5.74) is 10.8. The van der Waals surface area contributed by atoms with Crippen LogP contribution in [0.15, 0.2) is 0 Å². The van der Waals surface area contributed by atoms with Gasteiger partial charge in [0.2, 0.25) is 0 Å². The first-order chi connectivity index (χ1) is 7.74. The van der Waals surface area contributed by atoms with Crippen LogP contribution in [-0.4, -0.2) is 54.9 Å². The van der Waals surface area contributed by atoms with E-state index in [1.54, 1.807) is 14.2 Å². The number of aliphatic hydroxyl groups excluding tert-OH is 1. The zero-order valence-electron chi connectivity index (χ0n) is 10.6. The van der Waals surface area contributed by atoms with Gasteiger partial charge in [0.25, 0.3) is 0 Å². The predicted octanol–water partition coefficient (Wildman–Crippen LogP) is -0.459. The summed E-state index contributed by atoms with van der Waals surface area (Å²) in [6, 6.07) is 0.765. The normalized spacial score (nSPS) is 10.9. The van der Waals surface area contributed by atoms with Crippen molar-refractivity contribution in [1.82, 2.24) is 0 Å². The summed E-state index contributed by atoms with van der Waals surface area (Å²) in [7, 11) is 1.80. The number of aliphatic hydroxyl groups is 1. The molecular weight excluding hydrogens is 228 g/mol. The van der Waals surface area contributed by atoms with Gasteiger partial charge >= 0.3 is 8.80 Å². The van der Waals surface area contributed by atoms with Gasteiger partial charge in [-0.15, -0.1) is 0 Å². The summed E-state index contributed by atoms with van der Waals surface area (Å²) in [5, 5.41) is 7.00. The Morgan fingerprint density at radius 2 is 1.50 bits per heavy atom. The molecule has 0 amide bonds. The van der Waals surface area contributed by atoms with Crippen molar-refractivity contribution in [1.29, 1.82) is 0 Å². The van der Waals surface area contributed by atoms with E-state index in [1.807, 2.05) is 0 Å². The number of nitrogens with two attached hydrogens (primary N) is 2. The highest BCUT2D eigenvalue weighted by atomic mass is 28.4. The summed E-state index contributed by atoms with van der Waals surface area (Å²) >= 11 is 0. The summed E-state index contributed by atoms with van der Waals surface area (Å²) in [6.07, 6.45) is 1.68. The predicted molar refractivity (Wildman–Crippen MR) is 66.0 cm³/mol. The minimum Gasteiger partial charge on any atom is -0.400 e. The topological polar surface area (TPSA) is 100.0 Å². The summed E-state index contributed by atoms with van der Waals surface area (Å²) < 4.78 is 16.3. The minimum absolute atomic E-state index is 0.592. The van der Waals surface area contributed by atoms with Crippen molar-refractivity contribution in [2.45, 2.75) is 18.9 Å². The van der Waals surface area contributed by atoms with Crippen molar-refractivity contribution in [3.05, 3.63) is 0 Å². The Morgan fingerprint density at radius 3 is 1.88 bits per heavy atom. The van der Waals surface area contributed by atoms with Crippen molar-refractivity contribution < 1.29 is 18.4 Å². The molecule has 0 aliphatic carbocycles. The standard InChI is InChI=1S/C8H22N2O3Si.CH4O/c1-11-14(12-2,8-4-6-10)13-7-3-5-9;1-2/h3-10H2,1-2H3;2H,1H3. The fourth-order valence-electron chi connectivity index (χ4n) is 1.11. The lowest BCUT2D eigenvalue weighted by Gasteiger charge is -2.26. The van der Waals surface area contributed by atoms with E-state index in [0.717, 1.165) is 26.0 Å². The molecule has 0 saturated carbocycles. The summed E-state index contributed by atoms with van der Waals surface area (Å²) in [5.74, 6) is 0. The molecule has 0 saturated heterocycles. The van der Waals surface area contributed by atoms with Gasteiger partial charge in [-0.1, -0.05) is 0 Å². The molecule has 0 aromatic rings. The average molecular weight is 254 g/mol. The first-order valence-electron chi connectivity index (χ1n) is 5.33. The molecule has 0 bridgehead atoms. The van der Waals surface area contributed by atoms with Gasteiger partial charge in [-0.25, -0.2) is 0 Å². The molecule has 7 heteroatoms. The van der Waals surface area contributed by atoms with Gasteiger partial charge < -0.3 is 29.9 Å². The molecule has 0 radical (unpaired) electrons. The number of rotatable bonds is 9. The lowest BCUT2D eigenvalue weighted by Crippen LogP contribution is -2.44. The van der Waals surface area contributed by atoms with Gasteiger partial charge in [-0.05, 0) is 25.9 Å². The van der Waals surface area contributed by atoms with Gasteiger partial charge in [0.15, 0.2) is 0 Å². The van der Waals surface area contributed by atoms with E-state index in [1.165, 1.54) is 0 Å². The van der Waals surface area contributed by atoms with Crippen LogP contribution in [0.5, 0.6) is 0 Å². The van der Waals surface area contributed by atoms with Crippen LogP contribution < -0.4 is 11.5 Å². The Kier molecular flexibility index (Phi) is 15.0. The molecule has 5 N–H and O–H groups in total. The Bertz CT molecular complexity index is 137. The van der Waals surface area contributed by atoms with E-state index >= 15 is 0 Å². The molecule has 0 rings (SSSR count). The monoisotopic (exact) mass is 254 g/mol. The highest BCUT2D eigenvalue weighted by molar-refractivity contribution is 6.60. The zero-order valence-corrected chi connectivity index (χ0v) is 11.6. The molecule has 100 valence electrons. The number of hydrogen-bond acceptors (Lipinski definition) is 6. The lowest BCUT2D eigenvalue weighted by atomic mass is 10.5. The Balaban J connectivity index is 0. The quantitative estimate of drug-likeness (QED) is 0.380. The molecule has 0 aromatic carbocycles. The first kappa shape index (κ1) is 18.3. The summed E-state index contributed by atoms with van der Waals surface area (Å²) in [4.78, 5) is 0. The molecule has 0 aliphatic rings. The maximum atomic E-state index is 7.00. The van der Waals surface area contributed by atoms with Crippen molar-refractivity contribution in [3.8, 4) is 0 Å². The highest BCUT2D eigenvalue weighted by Gasteiger charge is 2.37. The third kappa shape index (κ3) is 8.17. The van der Waals surface area contributed by atoms with E-state index in [2.05, 4.69) is 0 Å². The van der Waals surface area contributed by atoms with Gasteiger partial charge in [0.1, 0.15) is 0 Å². The van der Waals surface area contributed by atoms with Crippen LogP contribution >= 0.6 is 0 Å². The maximum absolute atomic E-state index is 7.00. The second-order valence-electron chi connectivity index (χ2n) is 2.97. The molecular formula is C9H26N2O4Si. The van der Waals surface area contributed by atoms with Crippen LogP contribution in [0.2, 0.25) is 6.04 Å². The average Bonchev–Trinajstić information content (AvgIpc) is 2.36. The van der Waals surface area contributed by atoms with Crippen LogP contribution in [0.4, 0.5) is 0 Å². The van der Waals surface area contributed by atoms with Crippen molar-refractivity contribution >= 4 is 8.80 Å². The fourth-order valence-corrected chi connectivity index (χ4v) is 3.15. The Labute approximate surface area is 99.2 Å². The van der Waals surface area contributed by atoms with Crippen LogP contribution in [0.1, 0.15) is 12.8 Å². The van der Waals surface area contributed by atoms with E-state index in [4.69, 9.17) is 29.9 Å². The van der Waals surface area contributed by atoms with Crippen LogP contribution in [0.25, 0.3) is 0 Å². The molecule has 0 aromatic heterocycles. The van der Waals surface area contributed by atoms with Gasteiger partial charge in [-0.3, -0.25) is 0 Å². The third-order valence-electron chi connectivity index (χ3n) is 1.98. The van der Waals surface area contributed by atoms with Crippen LogP contribution in [0, 0.1) is 0 Å². The summed E-state index contributed by atoms with van der Waals surface area (Å²) in [6.45, 7) is 1.84. The molecule has 0 spiro atoms. The Hall–Kier alpha value is -0.0231. The molecule has 6 nitrogen and oxygen atoms in total. The molecule has 16 heavy (non-hydrogen) atoms. The van der Waals surface area contributed by atoms with Crippen molar-refractivity contribution in [3.63, 3.8) is 0 Å². The smallest absolute Gasteiger partial charge is 0.400 e. The second kappa shape index (κ2) is 13.0. The maximum Gasteiger partial charge on any atom is 0.500 e. The molecule has 0 aliphatic heterocycles. The largest absolute Gasteiger partial charge is 0.500 e. The molecule has 0 heterocycles. The minimum atomic E-state index is -2.44. The third-order valence-corrected chi connectivity index (χ3v) is 4.83. The van der Waals surface area contributed by atoms with E-state index in [0.29, 0.717) is 19.7 Å². The molecule has 0 atom stereocenters. The van der Waals surface area contributed by atoms with E-state index < -0.39 is 8.80 Å². The molecule has 0 fully saturated rings. The molecule has 0 unspecified atom stereocenters. The van der Waals surface area contributed by atoms with Crippen LogP contribution in [-0.2, 0) is 13.3 Å². The van der Waals surface area contributed by atoms with Gasteiger partial charge in [0, 0.05) is 34.0 Å². The SMILES string of the molecule is CO.CO[Si](CCCN)(OC)OCCCN. The number of hydrogen-bond donors (Lipinski definition) is 3. The van der Waals surface area contributed by atoms with Crippen molar-refractivity contribution in [2.75, 3.05) is 41.0 Å². The Morgan fingerprint density at radius 1 is 1.00 bits per heavy atom. The van der Waals surface area contributed by atoms with Gasteiger partial charge in [0.05, 0.1) is 0 Å². The lowest BCUT2D eigenvalue weighted by molar-refractivity contribution is 0.0973. The fraction of sp³-hybridized carbons (Fsp3) is 1.00. The van der Waals surface area contributed by atoms with E-state index in [-0.39, 0.29) is 0 Å². The van der Waals surface area contributed by atoms with Gasteiger partial charge in [-0.2, -0.15) is 0 Å². The first-order valence-corrected chi connectivity index (χ1v) is 7.27. The van der Waals surface area contributed by atoms with Crippen LogP contribution in [0.3, 0.4) is 0 Å². The van der Waals surface area contributed by atoms with Crippen molar-refractivity contribution in [2.24, 2.45) is 11.5 Å². The highest BCUT2D eigenvalue weighted by Crippen LogP contribution is 2.15. The van der Waals surface area contributed by atoms with E-state index in [9.17, 15) is 0 Å². The second-order valence-corrected chi connectivity index (χ2v) is 5.95. The zero-order chi connectivity index (χ0) is 12.9.